The van der Waals surface area contributed by atoms with E-state index in [-0.39, 0.29) is 0 Å². The van der Waals surface area contributed by atoms with Crippen molar-refractivity contribution in [3.8, 4) is 0 Å². The van der Waals surface area contributed by atoms with Gasteiger partial charge in [0.05, 0.1) is 5.56 Å². The molecule has 0 aliphatic rings. The van der Waals surface area contributed by atoms with Crippen molar-refractivity contribution in [2.75, 3.05) is 32.5 Å². The average molecular weight is 193 g/mol. The summed E-state index contributed by atoms with van der Waals surface area (Å²) in [7, 11) is 4.00. The van der Waals surface area contributed by atoms with Gasteiger partial charge in [-0.2, -0.15) is 0 Å². The smallest absolute Gasteiger partial charge is 0.153 e. The van der Waals surface area contributed by atoms with Crippen LogP contribution in [-0.4, -0.2) is 43.4 Å². The van der Waals surface area contributed by atoms with Crippen molar-refractivity contribution in [1.29, 1.82) is 0 Å². The number of nitrogens with one attached hydrogen (secondary N) is 1. The molecule has 76 valence electrons. The number of likely N-dealkylation sites (N-methyl/N-ethyl adjacent to an activating group) is 1. The number of carbonyl (C=O) groups is 1. The third-order valence-corrected chi connectivity index (χ3v) is 1.82. The Balaban J connectivity index is 2.53. The second-order valence-electron chi connectivity index (χ2n) is 3.29. The van der Waals surface area contributed by atoms with E-state index in [1.807, 2.05) is 14.1 Å². The Morgan fingerprint density at radius 2 is 2.36 bits per heavy atom. The Hall–Kier alpha value is -1.42. The first-order valence-electron chi connectivity index (χ1n) is 4.53. The first-order valence-corrected chi connectivity index (χ1v) is 4.53. The first-order chi connectivity index (χ1) is 6.74. The highest BCUT2D eigenvalue weighted by Crippen LogP contribution is 2.07. The lowest BCUT2D eigenvalue weighted by Crippen LogP contribution is -2.21. The number of rotatable bonds is 5. The molecule has 0 saturated carbocycles. The summed E-state index contributed by atoms with van der Waals surface area (Å²) in [6.07, 6.45) is 2.48. The largest absolute Gasteiger partial charge is 0.368 e. The predicted octanol–water partition coefficient (Wildman–Crippen LogP) is 0.868. The fourth-order valence-corrected chi connectivity index (χ4v) is 1.06. The van der Waals surface area contributed by atoms with Crippen LogP contribution in [0.15, 0.2) is 18.3 Å². The van der Waals surface area contributed by atoms with Crippen molar-refractivity contribution >= 4 is 12.1 Å². The Morgan fingerprint density at radius 1 is 1.57 bits per heavy atom. The number of nitrogens with zero attached hydrogens (tertiary/aromatic N) is 2. The fraction of sp³-hybridized carbons (Fsp3) is 0.400. The molecular formula is C10H15N3O. The number of pyridine rings is 1. The summed E-state index contributed by atoms with van der Waals surface area (Å²) in [5, 5.41) is 3.11. The van der Waals surface area contributed by atoms with E-state index >= 15 is 0 Å². The lowest BCUT2D eigenvalue weighted by atomic mass is 10.3. The van der Waals surface area contributed by atoms with Gasteiger partial charge in [-0.15, -0.1) is 0 Å². The second-order valence-corrected chi connectivity index (χ2v) is 3.29. The summed E-state index contributed by atoms with van der Waals surface area (Å²) >= 11 is 0. The van der Waals surface area contributed by atoms with Gasteiger partial charge < -0.3 is 10.2 Å². The minimum atomic E-state index is 0.603. The highest BCUT2D eigenvalue weighted by molar-refractivity contribution is 5.82. The van der Waals surface area contributed by atoms with E-state index in [2.05, 4.69) is 15.2 Å². The van der Waals surface area contributed by atoms with Crippen molar-refractivity contribution in [3.05, 3.63) is 23.9 Å². The molecule has 1 aromatic rings. The van der Waals surface area contributed by atoms with Crippen LogP contribution in [0.1, 0.15) is 10.4 Å². The first kappa shape index (κ1) is 10.7. The summed E-state index contributed by atoms with van der Waals surface area (Å²) in [6.45, 7) is 1.69. The number of aldehydes is 1. The molecule has 0 radical (unpaired) electrons. The van der Waals surface area contributed by atoms with Crippen molar-refractivity contribution in [1.82, 2.24) is 9.88 Å². The quantitative estimate of drug-likeness (QED) is 0.705. The maximum Gasteiger partial charge on any atom is 0.153 e. The van der Waals surface area contributed by atoms with Gasteiger partial charge in [-0.25, -0.2) is 4.98 Å². The highest BCUT2D eigenvalue weighted by atomic mass is 16.1. The van der Waals surface area contributed by atoms with E-state index in [0.717, 1.165) is 19.4 Å². The maximum atomic E-state index is 10.6. The van der Waals surface area contributed by atoms with Crippen molar-refractivity contribution < 1.29 is 4.79 Å². The fourth-order valence-electron chi connectivity index (χ4n) is 1.06. The minimum Gasteiger partial charge on any atom is -0.368 e. The highest BCUT2D eigenvalue weighted by Gasteiger charge is 2.00. The minimum absolute atomic E-state index is 0.603. The Bertz CT molecular complexity index is 299. The summed E-state index contributed by atoms with van der Waals surface area (Å²) in [5.41, 5.74) is 0.603. The number of carbonyl (C=O) groups excluding carboxylic acids is 1. The van der Waals surface area contributed by atoms with Gasteiger partial charge in [0, 0.05) is 19.3 Å². The second kappa shape index (κ2) is 5.34. The number of hydrogen-bond acceptors (Lipinski definition) is 4. The Labute approximate surface area is 83.9 Å². The van der Waals surface area contributed by atoms with E-state index in [1.54, 1.807) is 18.3 Å². The van der Waals surface area contributed by atoms with Gasteiger partial charge in [-0.05, 0) is 26.2 Å². The van der Waals surface area contributed by atoms with Gasteiger partial charge in [0.25, 0.3) is 0 Å². The van der Waals surface area contributed by atoms with Gasteiger partial charge in [-0.1, -0.05) is 0 Å². The molecule has 4 heteroatoms. The third-order valence-electron chi connectivity index (χ3n) is 1.82. The summed E-state index contributed by atoms with van der Waals surface area (Å²) < 4.78 is 0. The van der Waals surface area contributed by atoms with Gasteiger partial charge in [0.2, 0.25) is 0 Å². The van der Waals surface area contributed by atoms with Crippen LogP contribution in [0.25, 0.3) is 0 Å². The molecule has 0 bridgehead atoms. The number of hydrogen-bond donors (Lipinski definition) is 1. The van der Waals surface area contributed by atoms with Gasteiger partial charge >= 0.3 is 0 Å². The zero-order valence-corrected chi connectivity index (χ0v) is 8.53. The van der Waals surface area contributed by atoms with E-state index < -0.39 is 0 Å². The topological polar surface area (TPSA) is 45.2 Å². The average Bonchev–Trinajstić information content (AvgIpc) is 2.18. The zero-order chi connectivity index (χ0) is 10.4. The van der Waals surface area contributed by atoms with Crippen LogP contribution < -0.4 is 5.32 Å². The lowest BCUT2D eigenvalue weighted by molar-refractivity contribution is 0.112. The summed E-state index contributed by atoms with van der Waals surface area (Å²) in [4.78, 5) is 16.8. The van der Waals surface area contributed by atoms with Crippen molar-refractivity contribution in [3.63, 3.8) is 0 Å². The molecule has 0 aliphatic carbocycles. The molecule has 1 aromatic heterocycles. The molecule has 1 rings (SSSR count). The molecule has 0 atom stereocenters. The van der Waals surface area contributed by atoms with Crippen LogP contribution >= 0.6 is 0 Å². The summed E-state index contributed by atoms with van der Waals surface area (Å²) in [6, 6.07) is 3.50. The number of anilines is 1. The SMILES string of the molecule is CN(C)CCNc1ncccc1C=O. The molecule has 1 heterocycles. The normalized spacial score (nSPS) is 10.2. The molecule has 0 aromatic carbocycles. The van der Waals surface area contributed by atoms with E-state index in [1.165, 1.54) is 0 Å². The zero-order valence-electron chi connectivity index (χ0n) is 8.53. The molecule has 0 saturated heterocycles. The monoisotopic (exact) mass is 193 g/mol. The molecule has 0 amide bonds. The third kappa shape index (κ3) is 3.14. The van der Waals surface area contributed by atoms with Gasteiger partial charge in [-0.3, -0.25) is 4.79 Å². The molecule has 0 spiro atoms. The molecule has 0 aliphatic heterocycles. The number of aromatic nitrogens is 1. The van der Waals surface area contributed by atoms with Crippen LogP contribution in [0.4, 0.5) is 5.82 Å². The van der Waals surface area contributed by atoms with Crippen LogP contribution in [0.3, 0.4) is 0 Å². The maximum absolute atomic E-state index is 10.6. The standard InChI is InChI=1S/C10H15N3O/c1-13(2)7-6-12-10-9(8-14)4-3-5-11-10/h3-5,8H,6-7H2,1-2H3,(H,11,12). The van der Waals surface area contributed by atoms with Crippen molar-refractivity contribution in [2.24, 2.45) is 0 Å². The van der Waals surface area contributed by atoms with Crippen molar-refractivity contribution in [2.45, 2.75) is 0 Å². The van der Waals surface area contributed by atoms with Crippen LogP contribution in [0.5, 0.6) is 0 Å². The molecular weight excluding hydrogens is 178 g/mol. The Morgan fingerprint density at radius 3 is 3.00 bits per heavy atom. The Kier molecular flexibility index (Phi) is 4.07. The predicted molar refractivity (Wildman–Crippen MR) is 56.7 cm³/mol. The molecule has 1 N–H and O–H groups in total. The molecule has 14 heavy (non-hydrogen) atoms. The van der Waals surface area contributed by atoms with E-state index in [4.69, 9.17) is 0 Å². The van der Waals surface area contributed by atoms with Crippen LogP contribution in [-0.2, 0) is 0 Å². The molecule has 0 unspecified atom stereocenters. The summed E-state index contributed by atoms with van der Waals surface area (Å²) in [5.74, 6) is 0.657. The van der Waals surface area contributed by atoms with Crippen LogP contribution in [0, 0.1) is 0 Å². The van der Waals surface area contributed by atoms with E-state index in [9.17, 15) is 4.79 Å². The van der Waals surface area contributed by atoms with Gasteiger partial charge in [0.15, 0.2) is 6.29 Å². The van der Waals surface area contributed by atoms with Crippen LogP contribution in [0.2, 0.25) is 0 Å². The molecule has 0 fully saturated rings. The van der Waals surface area contributed by atoms with E-state index in [0.29, 0.717) is 11.4 Å². The van der Waals surface area contributed by atoms with Gasteiger partial charge in [0.1, 0.15) is 5.82 Å². The lowest BCUT2D eigenvalue weighted by Gasteiger charge is -2.11. The molecule has 4 nitrogen and oxygen atoms in total.